The molecule has 0 spiro atoms. The van der Waals surface area contributed by atoms with Crippen LogP contribution in [0.5, 0.6) is 0 Å². The molecule has 146 valence electrons. The molecule has 0 aliphatic rings. The van der Waals surface area contributed by atoms with Crippen LogP contribution in [-0.4, -0.2) is 37.6 Å². The maximum absolute atomic E-state index is 13.1. The zero-order valence-electron chi connectivity index (χ0n) is 15.9. The molecule has 28 heavy (non-hydrogen) atoms. The molecular formula is C23H24FNO3. The largest absolute Gasteiger partial charge is 0.451 e. The second-order valence-electron chi connectivity index (χ2n) is 6.54. The maximum Gasteiger partial charge on any atom is 0.289 e. The average molecular weight is 381 g/mol. The van der Waals surface area contributed by atoms with Crippen LogP contribution in [-0.2, 0) is 11.2 Å². The van der Waals surface area contributed by atoms with Crippen LogP contribution in [0.15, 0.2) is 71.1 Å². The van der Waals surface area contributed by atoms with Crippen LogP contribution in [0.3, 0.4) is 0 Å². The van der Waals surface area contributed by atoms with E-state index in [-0.39, 0.29) is 17.5 Å². The summed E-state index contributed by atoms with van der Waals surface area (Å²) in [5.74, 6) is 0.337. The number of halogens is 1. The Bertz CT molecular complexity index is 874. The summed E-state index contributed by atoms with van der Waals surface area (Å²) in [6, 6.07) is 19.6. The topological polar surface area (TPSA) is 42.7 Å². The molecule has 1 aromatic heterocycles. The SMILES string of the molecule is COCCN(CCCc1ccccc1)C(=O)c1ccc(-c2ccc(F)cc2)o1. The van der Waals surface area contributed by atoms with E-state index < -0.39 is 0 Å². The summed E-state index contributed by atoms with van der Waals surface area (Å²) < 4.78 is 24.0. The summed E-state index contributed by atoms with van der Waals surface area (Å²) in [6.45, 7) is 1.57. The average Bonchev–Trinajstić information content (AvgIpc) is 3.21. The second-order valence-corrected chi connectivity index (χ2v) is 6.54. The van der Waals surface area contributed by atoms with E-state index in [0.29, 0.717) is 25.5 Å². The first-order chi connectivity index (χ1) is 13.7. The van der Waals surface area contributed by atoms with Crippen molar-refractivity contribution >= 4 is 5.91 Å². The first kappa shape index (κ1) is 19.8. The zero-order valence-corrected chi connectivity index (χ0v) is 15.9. The van der Waals surface area contributed by atoms with Gasteiger partial charge >= 0.3 is 0 Å². The minimum Gasteiger partial charge on any atom is -0.451 e. The van der Waals surface area contributed by atoms with Crippen molar-refractivity contribution in [3.05, 3.63) is 83.9 Å². The van der Waals surface area contributed by atoms with Crippen molar-refractivity contribution < 1.29 is 18.3 Å². The van der Waals surface area contributed by atoms with Gasteiger partial charge in [0.05, 0.1) is 6.61 Å². The Kier molecular flexibility index (Phi) is 6.98. The molecule has 1 amide bonds. The highest BCUT2D eigenvalue weighted by Gasteiger charge is 2.19. The fourth-order valence-corrected chi connectivity index (χ4v) is 3.01. The molecule has 0 atom stereocenters. The monoisotopic (exact) mass is 381 g/mol. The number of methoxy groups -OCH3 is 1. The van der Waals surface area contributed by atoms with Crippen molar-refractivity contribution in [1.29, 1.82) is 0 Å². The minimum atomic E-state index is -0.309. The van der Waals surface area contributed by atoms with Crippen molar-refractivity contribution in [3.8, 4) is 11.3 Å². The Morgan fingerprint density at radius 1 is 1.00 bits per heavy atom. The summed E-state index contributed by atoms with van der Waals surface area (Å²) in [5.41, 5.74) is 1.98. The van der Waals surface area contributed by atoms with Crippen molar-refractivity contribution in [3.63, 3.8) is 0 Å². The Morgan fingerprint density at radius 3 is 2.46 bits per heavy atom. The lowest BCUT2D eigenvalue weighted by atomic mass is 10.1. The summed E-state index contributed by atoms with van der Waals surface area (Å²) in [7, 11) is 1.62. The molecular weight excluding hydrogens is 357 g/mol. The fraction of sp³-hybridized carbons (Fsp3) is 0.261. The first-order valence-corrected chi connectivity index (χ1v) is 9.35. The molecule has 0 radical (unpaired) electrons. The number of nitrogens with zero attached hydrogens (tertiary/aromatic N) is 1. The van der Waals surface area contributed by atoms with Crippen LogP contribution in [0.4, 0.5) is 4.39 Å². The van der Waals surface area contributed by atoms with Gasteiger partial charge in [-0.25, -0.2) is 4.39 Å². The minimum absolute atomic E-state index is 0.168. The van der Waals surface area contributed by atoms with E-state index in [0.717, 1.165) is 18.4 Å². The van der Waals surface area contributed by atoms with Crippen molar-refractivity contribution in [2.45, 2.75) is 12.8 Å². The lowest BCUT2D eigenvalue weighted by Crippen LogP contribution is -2.34. The third-order valence-corrected chi connectivity index (χ3v) is 4.53. The standard InChI is InChI=1S/C23H24FNO3/c1-27-17-16-25(15-5-8-18-6-3-2-4-7-18)23(26)22-14-13-21(28-22)19-9-11-20(24)12-10-19/h2-4,6-7,9-14H,5,8,15-17H2,1H3. The highest BCUT2D eigenvalue weighted by atomic mass is 19.1. The molecule has 0 saturated heterocycles. The van der Waals surface area contributed by atoms with E-state index in [4.69, 9.17) is 9.15 Å². The van der Waals surface area contributed by atoms with Gasteiger partial charge < -0.3 is 14.1 Å². The molecule has 0 saturated carbocycles. The van der Waals surface area contributed by atoms with Gasteiger partial charge in [-0.1, -0.05) is 30.3 Å². The number of rotatable bonds is 9. The number of carbonyl (C=O) groups excluding carboxylic acids is 1. The van der Waals surface area contributed by atoms with Gasteiger partial charge in [0.2, 0.25) is 0 Å². The van der Waals surface area contributed by atoms with Gasteiger partial charge in [0.1, 0.15) is 11.6 Å². The van der Waals surface area contributed by atoms with Gasteiger partial charge in [0.15, 0.2) is 5.76 Å². The predicted molar refractivity (Wildman–Crippen MR) is 107 cm³/mol. The molecule has 3 rings (SSSR count). The van der Waals surface area contributed by atoms with Crippen molar-refractivity contribution in [2.75, 3.05) is 26.8 Å². The van der Waals surface area contributed by atoms with Crippen LogP contribution >= 0.6 is 0 Å². The first-order valence-electron chi connectivity index (χ1n) is 9.35. The van der Waals surface area contributed by atoms with Crippen molar-refractivity contribution in [2.24, 2.45) is 0 Å². The smallest absolute Gasteiger partial charge is 0.289 e. The summed E-state index contributed by atoms with van der Waals surface area (Å²) in [4.78, 5) is 14.7. The number of furan rings is 1. The Labute approximate surface area is 164 Å². The molecule has 0 unspecified atom stereocenters. The van der Waals surface area contributed by atoms with E-state index in [1.165, 1.54) is 17.7 Å². The number of benzene rings is 2. The number of amides is 1. The van der Waals surface area contributed by atoms with Crippen LogP contribution in [0.25, 0.3) is 11.3 Å². The Hall–Kier alpha value is -2.92. The number of hydrogen-bond acceptors (Lipinski definition) is 3. The summed E-state index contributed by atoms with van der Waals surface area (Å²) in [5, 5.41) is 0. The van der Waals surface area contributed by atoms with Crippen LogP contribution in [0.2, 0.25) is 0 Å². The molecule has 0 aliphatic heterocycles. The van der Waals surface area contributed by atoms with E-state index >= 15 is 0 Å². The maximum atomic E-state index is 13.1. The molecule has 5 heteroatoms. The van der Waals surface area contributed by atoms with E-state index in [2.05, 4.69) is 12.1 Å². The lowest BCUT2D eigenvalue weighted by Gasteiger charge is -2.21. The highest BCUT2D eigenvalue weighted by Crippen LogP contribution is 2.23. The fourth-order valence-electron chi connectivity index (χ4n) is 3.01. The number of aryl methyl sites for hydroxylation is 1. The molecule has 3 aromatic rings. The molecule has 0 fully saturated rings. The van der Waals surface area contributed by atoms with Gasteiger partial charge in [-0.3, -0.25) is 4.79 Å². The Balaban J connectivity index is 1.66. The highest BCUT2D eigenvalue weighted by molar-refractivity contribution is 5.92. The summed E-state index contributed by atoms with van der Waals surface area (Å²) >= 11 is 0. The van der Waals surface area contributed by atoms with Crippen LogP contribution in [0.1, 0.15) is 22.5 Å². The third kappa shape index (κ3) is 5.30. The lowest BCUT2D eigenvalue weighted by molar-refractivity contribution is 0.0663. The van der Waals surface area contributed by atoms with E-state index in [9.17, 15) is 9.18 Å². The molecule has 4 nitrogen and oxygen atoms in total. The second kappa shape index (κ2) is 9.85. The summed E-state index contributed by atoms with van der Waals surface area (Å²) in [6.07, 6.45) is 1.75. The Morgan fingerprint density at radius 2 is 1.75 bits per heavy atom. The quantitative estimate of drug-likeness (QED) is 0.534. The number of hydrogen-bond donors (Lipinski definition) is 0. The van der Waals surface area contributed by atoms with Gasteiger partial charge in [0, 0.05) is 25.8 Å². The van der Waals surface area contributed by atoms with Gasteiger partial charge in [-0.15, -0.1) is 0 Å². The predicted octanol–water partition coefficient (Wildman–Crippen LogP) is 4.81. The third-order valence-electron chi connectivity index (χ3n) is 4.53. The molecule has 0 bridgehead atoms. The number of ether oxygens (including phenoxy) is 1. The van der Waals surface area contributed by atoms with Crippen LogP contribution in [0, 0.1) is 5.82 Å². The van der Waals surface area contributed by atoms with Crippen LogP contribution < -0.4 is 0 Å². The molecule has 0 N–H and O–H groups in total. The van der Waals surface area contributed by atoms with Gasteiger partial charge in [-0.2, -0.15) is 0 Å². The van der Waals surface area contributed by atoms with E-state index in [1.54, 1.807) is 36.3 Å². The zero-order chi connectivity index (χ0) is 19.8. The van der Waals surface area contributed by atoms with Crippen molar-refractivity contribution in [1.82, 2.24) is 4.90 Å². The molecule has 0 aliphatic carbocycles. The van der Waals surface area contributed by atoms with E-state index in [1.807, 2.05) is 18.2 Å². The molecule has 2 aromatic carbocycles. The van der Waals surface area contributed by atoms with Gasteiger partial charge in [0.25, 0.3) is 5.91 Å². The number of carbonyl (C=O) groups is 1. The normalized spacial score (nSPS) is 10.8. The van der Waals surface area contributed by atoms with Gasteiger partial charge in [-0.05, 0) is 54.8 Å². The molecule has 1 heterocycles.